The molecule has 7 aromatic carbocycles. The monoisotopic (exact) mass is 636 g/mol. The lowest BCUT2D eigenvalue weighted by molar-refractivity contribution is 0.00578. The van der Waals surface area contributed by atoms with Crippen molar-refractivity contribution in [2.24, 2.45) is 0 Å². The largest absolute Gasteiger partial charge is 0.494 e. The molecule has 0 spiro atoms. The molecule has 2 heterocycles. The van der Waals surface area contributed by atoms with Crippen LogP contribution in [0.2, 0.25) is 0 Å². The van der Waals surface area contributed by atoms with E-state index >= 15 is 0 Å². The predicted molar refractivity (Wildman–Crippen MR) is 206 cm³/mol. The lowest BCUT2D eigenvalue weighted by Crippen LogP contribution is -2.41. The first-order valence-electron chi connectivity index (χ1n) is 17.0. The number of benzene rings is 7. The molecule has 5 heteroatoms. The first-order valence-corrected chi connectivity index (χ1v) is 17.0. The van der Waals surface area contributed by atoms with E-state index < -0.39 is 18.3 Å². The van der Waals surface area contributed by atoms with Crippen LogP contribution in [0.1, 0.15) is 27.7 Å². The van der Waals surface area contributed by atoms with Gasteiger partial charge in [-0.2, -0.15) is 0 Å². The van der Waals surface area contributed by atoms with Crippen molar-refractivity contribution < 1.29 is 9.31 Å². The summed E-state index contributed by atoms with van der Waals surface area (Å²) >= 11 is 0. The fourth-order valence-electron chi connectivity index (χ4n) is 7.29. The minimum Gasteiger partial charge on any atom is -0.399 e. The Bertz CT molecular complexity index is 2510. The Morgan fingerprint density at radius 2 is 1.10 bits per heavy atom. The molecule has 1 aliphatic rings. The van der Waals surface area contributed by atoms with Gasteiger partial charge in [0, 0.05) is 33.2 Å². The van der Waals surface area contributed by atoms with Crippen LogP contribution in [-0.2, 0) is 9.31 Å². The maximum atomic E-state index is 6.47. The Balaban J connectivity index is 1.19. The van der Waals surface area contributed by atoms with Crippen LogP contribution >= 0.6 is 0 Å². The van der Waals surface area contributed by atoms with Crippen LogP contribution in [0.5, 0.6) is 0 Å². The Hall–Kier alpha value is -5.36. The third kappa shape index (κ3) is 4.84. The zero-order valence-electron chi connectivity index (χ0n) is 28.2. The van der Waals surface area contributed by atoms with Gasteiger partial charge in [-0.05, 0) is 104 Å². The first-order chi connectivity index (χ1) is 23.8. The van der Waals surface area contributed by atoms with Gasteiger partial charge in [0.1, 0.15) is 0 Å². The second-order valence-corrected chi connectivity index (χ2v) is 14.1. The molecular formula is C44H37BN2O2. The Kier molecular flexibility index (Phi) is 6.74. The molecule has 49 heavy (non-hydrogen) atoms. The summed E-state index contributed by atoms with van der Waals surface area (Å²) in [7, 11) is -0.431. The third-order valence-corrected chi connectivity index (χ3v) is 10.6. The van der Waals surface area contributed by atoms with E-state index in [1.54, 1.807) is 0 Å². The summed E-state index contributed by atoms with van der Waals surface area (Å²) in [6.07, 6.45) is 0. The minimum absolute atomic E-state index is 0.407. The molecule has 0 aliphatic carbocycles. The van der Waals surface area contributed by atoms with Crippen molar-refractivity contribution in [2.75, 3.05) is 4.90 Å². The SMILES string of the molecule is CC1(C)OB(c2ccc3c4ccccc4n(-c4ccc(N(c5ccc6ccccc6c5)c5cccc6ccccc56)cc4)c3c2)OC1(C)C. The molecule has 8 aromatic rings. The second-order valence-electron chi connectivity index (χ2n) is 14.1. The van der Waals surface area contributed by atoms with E-state index in [0.29, 0.717) is 0 Å². The van der Waals surface area contributed by atoms with Gasteiger partial charge in [0.15, 0.2) is 0 Å². The van der Waals surface area contributed by atoms with Crippen LogP contribution in [0.3, 0.4) is 0 Å². The fraction of sp³-hybridized carbons (Fsp3) is 0.136. The molecule has 0 unspecified atom stereocenters. The summed E-state index contributed by atoms with van der Waals surface area (Å²) in [5, 5.41) is 7.28. The molecule has 0 bridgehead atoms. The molecule has 1 aliphatic heterocycles. The van der Waals surface area contributed by atoms with Gasteiger partial charge in [-0.3, -0.25) is 0 Å². The van der Waals surface area contributed by atoms with Crippen LogP contribution < -0.4 is 10.4 Å². The normalized spacial score (nSPS) is 15.5. The summed E-state index contributed by atoms with van der Waals surface area (Å²) in [5.74, 6) is 0. The average Bonchev–Trinajstić information content (AvgIpc) is 3.57. The first kappa shape index (κ1) is 29.8. The molecule has 1 saturated heterocycles. The van der Waals surface area contributed by atoms with Crippen molar-refractivity contribution in [1.29, 1.82) is 0 Å². The number of para-hydroxylation sites is 1. The van der Waals surface area contributed by atoms with Crippen LogP contribution in [0.4, 0.5) is 17.1 Å². The molecular weight excluding hydrogens is 599 g/mol. The number of rotatable bonds is 5. The molecule has 0 amide bonds. The van der Waals surface area contributed by atoms with Crippen LogP contribution in [0.15, 0.2) is 152 Å². The van der Waals surface area contributed by atoms with Gasteiger partial charge in [0.25, 0.3) is 0 Å². The quantitative estimate of drug-likeness (QED) is 0.176. The molecule has 4 nitrogen and oxygen atoms in total. The highest BCUT2D eigenvalue weighted by Gasteiger charge is 2.51. The molecule has 1 aromatic heterocycles. The Morgan fingerprint density at radius 3 is 1.88 bits per heavy atom. The zero-order chi connectivity index (χ0) is 33.3. The Morgan fingerprint density at radius 1 is 0.490 bits per heavy atom. The summed E-state index contributed by atoms with van der Waals surface area (Å²) in [6, 6.07) is 54.6. The van der Waals surface area contributed by atoms with Gasteiger partial charge in [-0.25, -0.2) is 0 Å². The molecule has 0 N–H and O–H groups in total. The fourth-order valence-corrected chi connectivity index (χ4v) is 7.29. The van der Waals surface area contributed by atoms with E-state index in [1.165, 1.54) is 32.3 Å². The smallest absolute Gasteiger partial charge is 0.399 e. The van der Waals surface area contributed by atoms with Crippen LogP contribution in [0, 0.1) is 0 Å². The van der Waals surface area contributed by atoms with Crippen LogP contribution in [0.25, 0.3) is 49.0 Å². The van der Waals surface area contributed by atoms with E-state index in [0.717, 1.165) is 39.2 Å². The van der Waals surface area contributed by atoms with Gasteiger partial charge in [0.05, 0.1) is 27.9 Å². The molecule has 238 valence electrons. The Labute approximate surface area is 287 Å². The van der Waals surface area contributed by atoms with Crippen molar-refractivity contribution in [3.8, 4) is 5.69 Å². The lowest BCUT2D eigenvalue weighted by Gasteiger charge is -2.32. The average molecular weight is 637 g/mol. The highest BCUT2D eigenvalue weighted by molar-refractivity contribution is 6.62. The third-order valence-electron chi connectivity index (χ3n) is 10.6. The van der Waals surface area contributed by atoms with E-state index in [1.807, 2.05) is 0 Å². The van der Waals surface area contributed by atoms with Gasteiger partial charge < -0.3 is 18.8 Å². The maximum Gasteiger partial charge on any atom is 0.494 e. The predicted octanol–water partition coefficient (Wildman–Crippen LogP) is 10.9. The van der Waals surface area contributed by atoms with E-state index in [4.69, 9.17) is 9.31 Å². The van der Waals surface area contributed by atoms with E-state index in [2.05, 4.69) is 189 Å². The summed E-state index contributed by atoms with van der Waals surface area (Å²) in [5.41, 5.74) is 6.94. The second kappa shape index (κ2) is 11.1. The lowest BCUT2D eigenvalue weighted by atomic mass is 9.79. The molecule has 0 atom stereocenters. The topological polar surface area (TPSA) is 26.6 Å². The zero-order valence-corrected chi connectivity index (χ0v) is 28.2. The number of anilines is 3. The van der Waals surface area contributed by atoms with Gasteiger partial charge in [-0.15, -0.1) is 0 Å². The maximum absolute atomic E-state index is 6.47. The molecule has 1 fully saturated rings. The van der Waals surface area contributed by atoms with Crippen molar-refractivity contribution in [1.82, 2.24) is 4.57 Å². The summed E-state index contributed by atoms with van der Waals surface area (Å²) < 4.78 is 15.3. The van der Waals surface area contributed by atoms with Crippen molar-refractivity contribution in [3.63, 3.8) is 0 Å². The van der Waals surface area contributed by atoms with Crippen LogP contribution in [-0.4, -0.2) is 22.9 Å². The minimum atomic E-state index is -0.431. The highest BCUT2D eigenvalue weighted by atomic mass is 16.7. The van der Waals surface area contributed by atoms with Crippen molar-refractivity contribution in [2.45, 2.75) is 38.9 Å². The molecule has 0 radical (unpaired) electrons. The number of fused-ring (bicyclic) bond motifs is 5. The number of hydrogen-bond donors (Lipinski definition) is 0. The van der Waals surface area contributed by atoms with Gasteiger partial charge >= 0.3 is 7.12 Å². The van der Waals surface area contributed by atoms with Gasteiger partial charge in [-0.1, -0.05) is 97.1 Å². The highest BCUT2D eigenvalue weighted by Crippen LogP contribution is 2.41. The van der Waals surface area contributed by atoms with Gasteiger partial charge in [0.2, 0.25) is 0 Å². The van der Waals surface area contributed by atoms with Crippen molar-refractivity contribution >= 4 is 73.0 Å². The number of aromatic nitrogens is 1. The van der Waals surface area contributed by atoms with Crippen molar-refractivity contribution in [3.05, 3.63) is 152 Å². The molecule has 0 saturated carbocycles. The number of nitrogens with zero attached hydrogens (tertiary/aromatic N) is 2. The number of hydrogen-bond acceptors (Lipinski definition) is 3. The summed E-state index contributed by atoms with van der Waals surface area (Å²) in [6.45, 7) is 8.40. The standard InChI is InChI=1S/C44H37BN2O2/c1-43(2)44(3,4)49-45(48-43)33-21-27-39-38-17-9-10-18-41(38)47(42(39)29-33)35-25-23-34(24-26-35)46(36-22-20-30-12-5-6-14-32(30)28-36)40-19-11-15-31-13-7-8-16-37(31)40/h5-29H,1-4H3. The van der Waals surface area contributed by atoms with E-state index in [9.17, 15) is 0 Å². The molecule has 9 rings (SSSR count). The van der Waals surface area contributed by atoms with E-state index in [-0.39, 0.29) is 0 Å². The summed E-state index contributed by atoms with van der Waals surface area (Å²) in [4.78, 5) is 2.38.